The van der Waals surface area contributed by atoms with E-state index in [0.717, 1.165) is 36.1 Å². The zero-order chi connectivity index (χ0) is 9.34. The maximum atomic E-state index is 6.15. The molecule has 0 aromatic rings. The van der Waals surface area contributed by atoms with Gasteiger partial charge in [0.25, 0.3) is 0 Å². The summed E-state index contributed by atoms with van der Waals surface area (Å²) in [6, 6.07) is 0. The molecule has 2 bridgehead atoms. The monoisotopic (exact) mass is 191 g/mol. The molecule has 0 radical (unpaired) electrons. The van der Waals surface area contributed by atoms with Crippen molar-refractivity contribution in [3.8, 4) is 0 Å². The lowest BCUT2D eigenvalue weighted by molar-refractivity contribution is 0.0774. The van der Waals surface area contributed by atoms with Crippen molar-refractivity contribution in [3.05, 3.63) is 0 Å². The van der Waals surface area contributed by atoms with Crippen molar-refractivity contribution in [2.24, 2.45) is 40.7 Å². The van der Waals surface area contributed by atoms with Gasteiger partial charge >= 0.3 is 0 Å². The maximum Gasteiger partial charge on any atom is -0.00149 e. The summed E-state index contributed by atoms with van der Waals surface area (Å²) in [6.07, 6.45) is 9.25. The normalized spacial score (nSPS) is 63.6. The van der Waals surface area contributed by atoms with Gasteiger partial charge in [0.15, 0.2) is 0 Å². The van der Waals surface area contributed by atoms with Crippen LogP contribution in [0.2, 0.25) is 0 Å². The molecule has 1 nitrogen and oxygen atoms in total. The van der Waals surface area contributed by atoms with Gasteiger partial charge in [0.2, 0.25) is 0 Å². The van der Waals surface area contributed by atoms with Gasteiger partial charge in [0.1, 0.15) is 0 Å². The van der Waals surface area contributed by atoms with E-state index < -0.39 is 0 Å². The zero-order valence-corrected chi connectivity index (χ0v) is 8.91. The molecule has 78 valence electrons. The zero-order valence-electron chi connectivity index (χ0n) is 8.91. The van der Waals surface area contributed by atoms with Gasteiger partial charge in [-0.2, -0.15) is 0 Å². The molecule has 1 heteroatoms. The predicted molar refractivity (Wildman–Crippen MR) is 56.6 cm³/mol. The average molecular weight is 191 g/mol. The molecule has 14 heavy (non-hydrogen) atoms. The minimum absolute atomic E-state index is 0.648. The summed E-state index contributed by atoms with van der Waals surface area (Å²) >= 11 is 0. The Morgan fingerprint density at radius 3 is 2.64 bits per heavy atom. The number of hydrogen-bond donors (Lipinski definition) is 1. The third-order valence-corrected chi connectivity index (χ3v) is 6.29. The lowest BCUT2D eigenvalue weighted by Gasteiger charge is -2.42. The molecule has 6 atom stereocenters. The predicted octanol–water partition coefficient (Wildman–Crippen LogP) is 2.41. The summed E-state index contributed by atoms with van der Waals surface area (Å²) in [6.45, 7) is 1.01. The smallest absolute Gasteiger partial charge is 0.00149 e. The van der Waals surface area contributed by atoms with E-state index in [0.29, 0.717) is 5.41 Å². The standard InChI is InChI=1S/C13H21N/c14-7-13-6-8-3-9-1-2-10(12(9)13)5-11(13)4-8/h8-12H,1-7,14H2. The quantitative estimate of drug-likeness (QED) is 0.676. The highest BCUT2D eigenvalue weighted by Gasteiger charge is 2.64. The Bertz CT molecular complexity index is 274. The molecule has 4 aliphatic rings. The first-order chi connectivity index (χ1) is 6.83. The summed E-state index contributed by atoms with van der Waals surface area (Å²) in [5, 5.41) is 0. The van der Waals surface area contributed by atoms with Crippen molar-refractivity contribution < 1.29 is 0 Å². The number of rotatable bonds is 1. The van der Waals surface area contributed by atoms with Gasteiger partial charge in [-0.15, -0.1) is 0 Å². The molecule has 2 N–H and O–H groups in total. The second-order valence-corrected chi connectivity index (χ2v) is 6.53. The first-order valence-corrected chi connectivity index (χ1v) is 6.53. The molecule has 0 aliphatic heterocycles. The van der Waals surface area contributed by atoms with E-state index in [9.17, 15) is 0 Å². The lowest BCUT2D eigenvalue weighted by Crippen LogP contribution is -2.41. The molecule has 4 saturated carbocycles. The molecule has 4 rings (SSSR count). The van der Waals surface area contributed by atoms with Crippen molar-refractivity contribution in [2.45, 2.75) is 38.5 Å². The Morgan fingerprint density at radius 2 is 1.86 bits per heavy atom. The third kappa shape index (κ3) is 0.711. The van der Waals surface area contributed by atoms with Crippen LogP contribution in [-0.2, 0) is 0 Å². The number of fused-ring (bicyclic) bond motifs is 1. The van der Waals surface area contributed by atoms with Crippen LogP contribution in [0.1, 0.15) is 38.5 Å². The van der Waals surface area contributed by atoms with Crippen LogP contribution in [0.25, 0.3) is 0 Å². The van der Waals surface area contributed by atoms with Crippen molar-refractivity contribution in [1.82, 2.24) is 0 Å². The second-order valence-electron chi connectivity index (χ2n) is 6.53. The van der Waals surface area contributed by atoms with Crippen LogP contribution in [-0.4, -0.2) is 6.54 Å². The van der Waals surface area contributed by atoms with Gasteiger partial charge < -0.3 is 5.73 Å². The molecule has 6 unspecified atom stereocenters. The van der Waals surface area contributed by atoms with E-state index in [1.807, 2.05) is 0 Å². The second kappa shape index (κ2) is 2.37. The topological polar surface area (TPSA) is 26.0 Å². The highest BCUT2D eigenvalue weighted by molar-refractivity contribution is 5.14. The van der Waals surface area contributed by atoms with Crippen LogP contribution in [0.15, 0.2) is 0 Å². The van der Waals surface area contributed by atoms with E-state index >= 15 is 0 Å². The third-order valence-electron chi connectivity index (χ3n) is 6.29. The van der Waals surface area contributed by atoms with E-state index in [1.54, 1.807) is 32.1 Å². The highest BCUT2D eigenvalue weighted by atomic mass is 14.8. The Labute approximate surface area is 86.4 Å². The Balaban J connectivity index is 1.84. The van der Waals surface area contributed by atoms with Crippen LogP contribution in [0.4, 0.5) is 0 Å². The van der Waals surface area contributed by atoms with Crippen molar-refractivity contribution >= 4 is 0 Å². The van der Waals surface area contributed by atoms with E-state index in [2.05, 4.69) is 0 Å². The molecule has 0 amide bonds. The number of nitrogens with two attached hydrogens (primary N) is 1. The summed E-state index contributed by atoms with van der Waals surface area (Å²) < 4.78 is 0. The van der Waals surface area contributed by atoms with Crippen LogP contribution in [0.5, 0.6) is 0 Å². The van der Waals surface area contributed by atoms with Crippen molar-refractivity contribution in [2.75, 3.05) is 6.54 Å². The van der Waals surface area contributed by atoms with Crippen LogP contribution >= 0.6 is 0 Å². The van der Waals surface area contributed by atoms with E-state index in [4.69, 9.17) is 5.73 Å². The summed E-state index contributed by atoms with van der Waals surface area (Å²) in [5.74, 6) is 5.36. The molecule has 0 aromatic carbocycles. The van der Waals surface area contributed by atoms with Crippen LogP contribution in [0.3, 0.4) is 0 Å². The maximum absolute atomic E-state index is 6.15. The molecular weight excluding hydrogens is 170 g/mol. The molecule has 0 heterocycles. The number of hydrogen-bond acceptors (Lipinski definition) is 1. The summed E-state index contributed by atoms with van der Waals surface area (Å²) in [7, 11) is 0. The first-order valence-electron chi connectivity index (χ1n) is 6.53. The fourth-order valence-electron chi connectivity index (χ4n) is 6.16. The Morgan fingerprint density at radius 1 is 1.07 bits per heavy atom. The largest absolute Gasteiger partial charge is 0.330 e. The van der Waals surface area contributed by atoms with Crippen molar-refractivity contribution in [1.29, 1.82) is 0 Å². The molecular formula is C13H21N. The molecule has 0 spiro atoms. The van der Waals surface area contributed by atoms with Crippen LogP contribution < -0.4 is 5.73 Å². The molecule has 4 aliphatic carbocycles. The van der Waals surface area contributed by atoms with Gasteiger partial charge in [-0.1, -0.05) is 0 Å². The first kappa shape index (κ1) is 8.15. The minimum Gasteiger partial charge on any atom is -0.330 e. The van der Waals surface area contributed by atoms with Gasteiger partial charge in [-0.3, -0.25) is 0 Å². The Hall–Kier alpha value is -0.0400. The fraction of sp³-hybridized carbons (Fsp3) is 1.00. The van der Waals surface area contributed by atoms with Gasteiger partial charge in [0.05, 0.1) is 0 Å². The average Bonchev–Trinajstić information content (AvgIpc) is 2.77. The minimum atomic E-state index is 0.648. The van der Waals surface area contributed by atoms with Crippen molar-refractivity contribution in [3.63, 3.8) is 0 Å². The van der Waals surface area contributed by atoms with Gasteiger partial charge in [0, 0.05) is 0 Å². The molecule has 4 fully saturated rings. The van der Waals surface area contributed by atoms with E-state index in [-0.39, 0.29) is 0 Å². The van der Waals surface area contributed by atoms with E-state index in [1.165, 1.54) is 6.42 Å². The van der Waals surface area contributed by atoms with Gasteiger partial charge in [-0.05, 0) is 80.1 Å². The lowest BCUT2D eigenvalue weighted by atomic mass is 9.64. The fourth-order valence-corrected chi connectivity index (χ4v) is 6.16. The van der Waals surface area contributed by atoms with Crippen LogP contribution in [0, 0.1) is 35.0 Å². The Kier molecular flexibility index (Phi) is 1.38. The SMILES string of the molecule is NCC12CC3CC4CCC(CC1C3)C42. The summed E-state index contributed by atoms with van der Waals surface area (Å²) in [4.78, 5) is 0. The summed E-state index contributed by atoms with van der Waals surface area (Å²) in [5.41, 5.74) is 6.80. The highest BCUT2D eigenvalue weighted by Crippen LogP contribution is 2.71. The molecule has 0 saturated heterocycles. The van der Waals surface area contributed by atoms with Gasteiger partial charge in [-0.25, -0.2) is 0 Å². The molecule has 0 aromatic heterocycles.